The lowest BCUT2D eigenvalue weighted by Crippen LogP contribution is -2.65. The Morgan fingerprint density at radius 3 is 1.22 bits per heavy atom. The van der Waals surface area contributed by atoms with E-state index >= 15 is 0 Å². The molecule has 0 amide bonds. The molecule has 2 heterocycles. The van der Waals surface area contributed by atoms with Gasteiger partial charge < -0.3 is 54.3 Å². The van der Waals surface area contributed by atoms with E-state index in [1.165, 1.54) is 122 Å². The maximum atomic E-state index is 14.1. The number of ether oxygens (including phenoxy) is 5. The first-order valence-corrected chi connectivity index (χ1v) is 36.3. The summed E-state index contributed by atoms with van der Waals surface area (Å²) in [6.45, 7) is 20.4. The average Bonchev–Trinajstić information content (AvgIpc) is 3.03. The van der Waals surface area contributed by atoms with E-state index in [1.54, 1.807) is 6.92 Å². The first-order valence-electron chi connectivity index (χ1n) is 34.9. The Bertz CT molecular complexity index is 1810. The molecule has 0 bridgehead atoms. The van der Waals surface area contributed by atoms with Crippen LogP contribution in [0.5, 0.6) is 0 Å². The number of rotatable bonds is 52. The van der Waals surface area contributed by atoms with Gasteiger partial charge in [0.25, 0.3) is 0 Å². The van der Waals surface area contributed by atoms with E-state index in [9.17, 15) is 53.2 Å². The van der Waals surface area contributed by atoms with Crippen molar-refractivity contribution in [3.8, 4) is 0 Å². The van der Waals surface area contributed by atoms with Gasteiger partial charge in [-0.05, 0) is 99.2 Å². The third-order valence-electron chi connectivity index (χ3n) is 18.3. The molecule has 2 aliphatic heterocycles. The van der Waals surface area contributed by atoms with Crippen LogP contribution >= 0.6 is 0 Å². The van der Waals surface area contributed by atoms with Gasteiger partial charge >= 0.3 is 22.3 Å². The lowest BCUT2D eigenvalue weighted by atomic mass is 9.80. The van der Waals surface area contributed by atoms with Crippen LogP contribution in [-0.2, 0) is 47.9 Å². The fourth-order valence-electron chi connectivity index (χ4n) is 13.9. The Balaban J connectivity index is 1.96. The van der Waals surface area contributed by atoms with Crippen LogP contribution in [0.1, 0.15) is 294 Å². The average molecular weight is 1250 g/mol. The number of aliphatic hydroxyl groups excluding tert-OH is 6. The van der Waals surface area contributed by atoms with Gasteiger partial charge in [0.15, 0.2) is 24.6 Å². The third-order valence-corrected chi connectivity index (χ3v) is 18.8. The van der Waals surface area contributed by atoms with Crippen molar-refractivity contribution < 1.29 is 81.1 Å². The van der Waals surface area contributed by atoms with E-state index in [2.05, 4.69) is 66.5 Å². The second-order valence-corrected chi connectivity index (χ2v) is 28.7. The maximum absolute atomic E-state index is 14.1. The molecule has 2 saturated heterocycles. The maximum Gasteiger partial charge on any atom is 0.397 e. The molecule has 0 aromatic carbocycles. The van der Waals surface area contributed by atoms with Crippen LogP contribution in [0.3, 0.4) is 0 Å². The summed E-state index contributed by atoms with van der Waals surface area (Å²) < 4.78 is 67.4. The van der Waals surface area contributed by atoms with E-state index in [1.807, 2.05) is 0 Å². The standard InChI is InChI=1S/C68H130O17S/c1-11-13-15-17-19-21-23-25-27-29-31-33-35-37-56(71)54(9)44-52(7)42-50(5)40-48(3)39-49(4)41-51(6)43-53(8)45-55(10)66(76)83-63-61(74)58(47-70)81-68(84-67-64(85-86(77,78)79)62(75)60(73)57(46-69)80-67)65(63)82-59(72)38-36-34-32-30-28-26-24-22-20-18-16-14-12-2/h48-58,60-65,67-71,73-75H,11-47H2,1-10H3,(H,77,78,79). The van der Waals surface area contributed by atoms with Gasteiger partial charge in [0, 0.05) is 6.42 Å². The van der Waals surface area contributed by atoms with E-state index in [4.69, 9.17) is 23.7 Å². The summed E-state index contributed by atoms with van der Waals surface area (Å²) in [6, 6.07) is 0. The van der Waals surface area contributed by atoms with Gasteiger partial charge in [-0.3, -0.25) is 14.1 Å². The quantitative estimate of drug-likeness (QED) is 0.0170. The van der Waals surface area contributed by atoms with Crippen LogP contribution in [0.25, 0.3) is 0 Å². The molecule has 7 N–H and O–H groups in total. The molecule has 0 spiro atoms. The van der Waals surface area contributed by atoms with Crippen molar-refractivity contribution in [3.63, 3.8) is 0 Å². The van der Waals surface area contributed by atoms with Crippen LogP contribution in [0.4, 0.5) is 0 Å². The zero-order valence-electron chi connectivity index (χ0n) is 55.8. The summed E-state index contributed by atoms with van der Waals surface area (Å²) in [5.41, 5.74) is 0. The van der Waals surface area contributed by atoms with Crippen LogP contribution in [-0.4, -0.2) is 136 Å². The zero-order valence-corrected chi connectivity index (χ0v) is 56.6. The Morgan fingerprint density at radius 2 is 0.814 bits per heavy atom. The van der Waals surface area contributed by atoms with Crippen molar-refractivity contribution in [1.29, 1.82) is 0 Å². The van der Waals surface area contributed by atoms with Crippen molar-refractivity contribution in [2.75, 3.05) is 13.2 Å². The summed E-state index contributed by atoms with van der Waals surface area (Å²) in [6.07, 6.45) is 20.6. The van der Waals surface area contributed by atoms with Crippen LogP contribution in [0, 0.1) is 47.3 Å². The Labute approximate surface area is 523 Å². The number of esters is 2. The number of carbonyl (C=O) groups excluding carboxylic acids is 2. The molecule has 0 radical (unpaired) electrons. The van der Waals surface area contributed by atoms with E-state index in [0.717, 1.165) is 83.5 Å². The molecule has 0 aromatic rings. The van der Waals surface area contributed by atoms with Gasteiger partial charge in [-0.1, -0.05) is 230 Å². The molecule has 510 valence electrons. The highest BCUT2D eigenvalue weighted by atomic mass is 32.3. The lowest BCUT2D eigenvalue weighted by molar-refractivity contribution is -0.374. The molecular formula is C68H130O17S. The summed E-state index contributed by atoms with van der Waals surface area (Å²) in [7, 11) is -5.32. The number of aliphatic hydroxyl groups is 6. The van der Waals surface area contributed by atoms with Gasteiger partial charge in [0.2, 0.25) is 6.29 Å². The van der Waals surface area contributed by atoms with Gasteiger partial charge in [-0.25, -0.2) is 4.18 Å². The normalized spacial score (nSPS) is 26.1. The highest BCUT2D eigenvalue weighted by molar-refractivity contribution is 7.80. The molecule has 2 aliphatic rings. The van der Waals surface area contributed by atoms with Gasteiger partial charge in [-0.2, -0.15) is 8.42 Å². The van der Waals surface area contributed by atoms with Gasteiger partial charge in [0.1, 0.15) is 30.5 Å². The largest absolute Gasteiger partial charge is 0.455 e. The molecule has 0 aliphatic carbocycles. The number of hydrogen-bond donors (Lipinski definition) is 7. The Morgan fingerprint density at radius 1 is 0.453 bits per heavy atom. The molecule has 17 nitrogen and oxygen atoms in total. The number of unbranched alkanes of at least 4 members (excludes halogenated alkanes) is 24. The molecular weight excluding hydrogens is 1120 g/mol. The number of hydrogen-bond acceptors (Lipinski definition) is 16. The highest BCUT2D eigenvalue weighted by Gasteiger charge is 2.55. The minimum atomic E-state index is -5.32. The number of carbonyl (C=O) groups is 2. The smallest absolute Gasteiger partial charge is 0.397 e. The van der Waals surface area contributed by atoms with Gasteiger partial charge in [0.05, 0.1) is 25.2 Å². The van der Waals surface area contributed by atoms with Crippen LogP contribution in [0.2, 0.25) is 0 Å². The fraction of sp³-hybridized carbons (Fsp3) is 0.971. The second kappa shape index (κ2) is 46.5. The summed E-state index contributed by atoms with van der Waals surface area (Å²) >= 11 is 0. The monoisotopic (exact) mass is 1250 g/mol. The van der Waals surface area contributed by atoms with Crippen molar-refractivity contribution in [3.05, 3.63) is 0 Å². The fourth-order valence-corrected chi connectivity index (χ4v) is 14.3. The van der Waals surface area contributed by atoms with E-state index < -0.39 is 103 Å². The van der Waals surface area contributed by atoms with E-state index in [0.29, 0.717) is 48.3 Å². The minimum Gasteiger partial charge on any atom is -0.455 e. The molecule has 2 rings (SSSR count). The van der Waals surface area contributed by atoms with Crippen LogP contribution in [0.15, 0.2) is 0 Å². The first-order chi connectivity index (χ1) is 40.9. The van der Waals surface area contributed by atoms with Crippen molar-refractivity contribution in [2.45, 2.75) is 361 Å². The minimum absolute atomic E-state index is 0.0550. The zero-order chi connectivity index (χ0) is 64.0. The highest BCUT2D eigenvalue weighted by Crippen LogP contribution is 2.35. The first kappa shape index (κ1) is 80.5. The van der Waals surface area contributed by atoms with Crippen molar-refractivity contribution in [2.24, 2.45) is 47.3 Å². The molecule has 0 aromatic heterocycles. The molecule has 0 saturated carbocycles. The Kier molecular flexibility index (Phi) is 43.6. The topological polar surface area (TPSA) is 265 Å². The predicted molar refractivity (Wildman–Crippen MR) is 339 cm³/mol. The summed E-state index contributed by atoms with van der Waals surface area (Å²) in [4.78, 5) is 27.7. The molecule has 86 heavy (non-hydrogen) atoms. The van der Waals surface area contributed by atoms with Crippen molar-refractivity contribution >= 4 is 22.3 Å². The van der Waals surface area contributed by atoms with Gasteiger partial charge in [-0.15, -0.1) is 0 Å². The third kappa shape index (κ3) is 34.8. The molecule has 19 atom stereocenters. The van der Waals surface area contributed by atoms with Crippen LogP contribution < -0.4 is 0 Å². The SMILES string of the molecule is CCCCCCCCCCCCCCCC(=O)OC1C(OC2OC(CO)C(O)C(O)C2OS(=O)(=O)O)OC(CO)C(O)C1OC(=O)C(C)CC(C)CC(C)CC(C)CC(C)CC(C)CC(C)CC(C)C(O)CCCCCCCCCCCCCCC. The summed E-state index contributed by atoms with van der Waals surface area (Å²) in [5, 5.41) is 64.4. The molecule has 2 fully saturated rings. The second-order valence-electron chi connectivity index (χ2n) is 27.7. The lowest BCUT2D eigenvalue weighted by Gasteiger charge is -2.46. The predicted octanol–water partition coefficient (Wildman–Crippen LogP) is 13.7. The molecule has 18 heteroatoms. The Hall–Kier alpha value is -1.55. The van der Waals surface area contributed by atoms with E-state index in [-0.39, 0.29) is 18.4 Å². The molecule has 19 unspecified atom stereocenters. The van der Waals surface area contributed by atoms with Crippen molar-refractivity contribution in [1.82, 2.24) is 0 Å². The summed E-state index contributed by atoms with van der Waals surface area (Å²) in [5.74, 6) is 0.860.